The summed E-state index contributed by atoms with van der Waals surface area (Å²) in [5.41, 5.74) is 1.41. The van der Waals surface area contributed by atoms with E-state index < -0.39 is 21.9 Å². The van der Waals surface area contributed by atoms with Crippen LogP contribution < -0.4 is 4.90 Å². The topological polar surface area (TPSA) is 80.8 Å². The molecule has 2 aromatic carbocycles. The first-order chi connectivity index (χ1) is 12.6. The minimum Gasteiger partial charge on any atom is -0.449 e. The summed E-state index contributed by atoms with van der Waals surface area (Å²) >= 11 is 0. The Balaban J connectivity index is 2.21. The molecule has 0 aliphatic heterocycles. The average molecular weight is 389 g/mol. The zero-order valence-corrected chi connectivity index (χ0v) is 16.6. The smallest absolute Gasteiger partial charge is 0.339 e. The van der Waals surface area contributed by atoms with Crippen molar-refractivity contribution in [2.24, 2.45) is 0 Å². The van der Waals surface area contributed by atoms with Crippen molar-refractivity contribution >= 4 is 27.4 Å². The third-order valence-electron chi connectivity index (χ3n) is 4.14. The summed E-state index contributed by atoms with van der Waals surface area (Å²) < 4.78 is 28.8. The number of amides is 1. The van der Waals surface area contributed by atoms with Crippen molar-refractivity contribution in [1.82, 2.24) is 0 Å². The average Bonchev–Trinajstić information content (AvgIpc) is 2.62. The number of carbonyl (C=O) groups is 2. The normalized spacial score (nSPS) is 12.3. The van der Waals surface area contributed by atoms with E-state index in [0.717, 1.165) is 6.26 Å². The van der Waals surface area contributed by atoms with E-state index in [1.807, 2.05) is 25.1 Å². The van der Waals surface area contributed by atoms with Crippen molar-refractivity contribution in [2.75, 3.05) is 17.7 Å². The lowest BCUT2D eigenvalue weighted by Gasteiger charge is -2.24. The van der Waals surface area contributed by atoms with E-state index in [1.165, 1.54) is 24.0 Å². The van der Waals surface area contributed by atoms with Crippen LogP contribution in [0.3, 0.4) is 0 Å². The van der Waals surface area contributed by atoms with Gasteiger partial charge in [0, 0.05) is 18.5 Å². The quantitative estimate of drug-likeness (QED) is 0.710. The fourth-order valence-corrected chi connectivity index (χ4v) is 3.27. The van der Waals surface area contributed by atoms with Crippen LogP contribution in [0.4, 0.5) is 5.69 Å². The van der Waals surface area contributed by atoms with Crippen molar-refractivity contribution in [3.8, 4) is 0 Å². The van der Waals surface area contributed by atoms with E-state index >= 15 is 0 Å². The lowest BCUT2D eigenvalue weighted by atomic mass is 10.1. The lowest BCUT2D eigenvalue weighted by molar-refractivity contribution is -0.126. The molecule has 0 spiro atoms. The first-order valence-corrected chi connectivity index (χ1v) is 10.4. The van der Waals surface area contributed by atoms with Crippen molar-refractivity contribution in [2.45, 2.75) is 31.8 Å². The number of carbonyl (C=O) groups excluding carboxylic acids is 2. The second-order valence-corrected chi connectivity index (χ2v) is 8.23. The molecule has 0 radical (unpaired) electrons. The van der Waals surface area contributed by atoms with Crippen LogP contribution in [-0.4, -0.2) is 39.2 Å². The number of anilines is 1. The second-order valence-electron chi connectivity index (χ2n) is 6.21. The van der Waals surface area contributed by atoms with E-state index in [-0.39, 0.29) is 16.4 Å². The Morgan fingerprint density at radius 2 is 1.74 bits per heavy atom. The van der Waals surface area contributed by atoms with Crippen LogP contribution in [0.25, 0.3) is 0 Å². The number of hydrogen-bond acceptors (Lipinski definition) is 5. The van der Waals surface area contributed by atoms with Gasteiger partial charge in [0.05, 0.1) is 10.5 Å². The molecule has 2 aromatic rings. The molecule has 0 bridgehead atoms. The molecule has 6 nitrogen and oxygen atoms in total. The first-order valence-electron chi connectivity index (χ1n) is 8.53. The number of hydrogen-bond donors (Lipinski definition) is 0. The summed E-state index contributed by atoms with van der Waals surface area (Å²) in [4.78, 5) is 26.8. The van der Waals surface area contributed by atoms with Crippen molar-refractivity contribution in [1.29, 1.82) is 0 Å². The number of sulfone groups is 1. The molecule has 0 aliphatic carbocycles. The fourth-order valence-electron chi connectivity index (χ4n) is 2.62. The summed E-state index contributed by atoms with van der Waals surface area (Å²) in [7, 11) is -3.46. The Hall–Kier alpha value is -2.67. The maximum absolute atomic E-state index is 12.7. The predicted octanol–water partition coefficient (Wildman–Crippen LogP) is 3.00. The van der Waals surface area contributed by atoms with Gasteiger partial charge in [0.15, 0.2) is 15.9 Å². The van der Waals surface area contributed by atoms with Gasteiger partial charge in [-0.05, 0) is 50.6 Å². The number of rotatable bonds is 6. The van der Waals surface area contributed by atoms with Gasteiger partial charge in [0.2, 0.25) is 0 Å². The van der Waals surface area contributed by atoms with E-state index in [1.54, 1.807) is 25.1 Å². The molecule has 7 heteroatoms. The summed E-state index contributed by atoms with van der Waals surface area (Å²) in [6, 6.07) is 13.4. The molecule has 27 heavy (non-hydrogen) atoms. The molecule has 0 saturated heterocycles. The largest absolute Gasteiger partial charge is 0.449 e. The fraction of sp³-hybridized carbons (Fsp3) is 0.300. The van der Waals surface area contributed by atoms with Gasteiger partial charge in [-0.3, -0.25) is 4.79 Å². The maximum Gasteiger partial charge on any atom is 0.339 e. The van der Waals surface area contributed by atoms with Crippen LogP contribution in [-0.2, 0) is 19.4 Å². The molecule has 2 rings (SSSR count). The highest BCUT2D eigenvalue weighted by molar-refractivity contribution is 7.90. The van der Waals surface area contributed by atoms with Crippen LogP contribution in [0, 0.1) is 6.92 Å². The summed E-state index contributed by atoms with van der Waals surface area (Å²) in [5.74, 6) is -1.09. The summed E-state index contributed by atoms with van der Waals surface area (Å²) in [6.45, 7) is 5.44. The van der Waals surface area contributed by atoms with E-state index in [0.29, 0.717) is 17.8 Å². The molecule has 0 aliphatic rings. The highest BCUT2D eigenvalue weighted by Crippen LogP contribution is 2.19. The number of benzene rings is 2. The van der Waals surface area contributed by atoms with Crippen LogP contribution in [0.5, 0.6) is 0 Å². The minimum absolute atomic E-state index is 0.0264. The van der Waals surface area contributed by atoms with Crippen molar-refractivity contribution in [3.63, 3.8) is 0 Å². The number of nitrogens with zero attached hydrogens (tertiary/aromatic N) is 1. The molecule has 0 unspecified atom stereocenters. The van der Waals surface area contributed by atoms with Gasteiger partial charge in [-0.25, -0.2) is 13.2 Å². The van der Waals surface area contributed by atoms with E-state index in [2.05, 4.69) is 0 Å². The van der Waals surface area contributed by atoms with Crippen LogP contribution >= 0.6 is 0 Å². The van der Waals surface area contributed by atoms with Gasteiger partial charge in [-0.2, -0.15) is 0 Å². The Bertz CT molecular complexity index is 938. The van der Waals surface area contributed by atoms with Gasteiger partial charge in [0.25, 0.3) is 5.91 Å². The lowest BCUT2D eigenvalue weighted by Crippen LogP contribution is -2.40. The molecule has 0 aromatic heterocycles. The molecular formula is C20H23NO5S. The highest BCUT2D eigenvalue weighted by Gasteiger charge is 2.25. The van der Waals surface area contributed by atoms with E-state index in [4.69, 9.17) is 4.74 Å². The molecule has 1 amide bonds. The maximum atomic E-state index is 12.7. The number of aryl methyl sites for hydroxylation is 1. The third-order valence-corrected chi connectivity index (χ3v) is 5.25. The molecule has 0 N–H and O–H groups in total. The third kappa shape index (κ3) is 4.95. The Kier molecular flexibility index (Phi) is 6.38. The number of likely N-dealkylation sites (N-methyl/N-ethyl adjacent to an activating group) is 1. The molecule has 144 valence electrons. The van der Waals surface area contributed by atoms with Crippen molar-refractivity contribution in [3.05, 3.63) is 59.7 Å². The predicted molar refractivity (Wildman–Crippen MR) is 104 cm³/mol. The van der Waals surface area contributed by atoms with Crippen molar-refractivity contribution < 1.29 is 22.7 Å². The second kappa shape index (κ2) is 8.35. The number of esters is 1. The van der Waals surface area contributed by atoms with Crippen LogP contribution in [0.15, 0.2) is 53.4 Å². The van der Waals surface area contributed by atoms with Gasteiger partial charge >= 0.3 is 5.97 Å². The Morgan fingerprint density at radius 1 is 1.11 bits per heavy atom. The minimum atomic E-state index is -3.46. The van der Waals surface area contributed by atoms with Gasteiger partial charge in [-0.1, -0.05) is 24.3 Å². The zero-order chi connectivity index (χ0) is 20.2. The molecule has 0 saturated carbocycles. The molecule has 0 heterocycles. The van der Waals surface area contributed by atoms with Gasteiger partial charge in [0.1, 0.15) is 0 Å². The van der Waals surface area contributed by atoms with Gasteiger partial charge < -0.3 is 9.64 Å². The highest BCUT2D eigenvalue weighted by atomic mass is 32.2. The number of para-hydroxylation sites is 1. The SMILES string of the molecule is CCN(C(=O)[C@@H](C)OC(=O)c1cc(S(C)(=O)=O)ccc1C)c1ccccc1. The molecular weight excluding hydrogens is 366 g/mol. The van der Waals surface area contributed by atoms with Gasteiger partial charge in [-0.15, -0.1) is 0 Å². The monoisotopic (exact) mass is 389 g/mol. The number of ether oxygens (including phenoxy) is 1. The molecule has 1 atom stereocenters. The Labute approximate surface area is 159 Å². The Morgan fingerprint density at radius 3 is 2.30 bits per heavy atom. The zero-order valence-electron chi connectivity index (χ0n) is 15.8. The molecule has 0 fully saturated rings. The van der Waals surface area contributed by atoms with Crippen LogP contribution in [0.2, 0.25) is 0 Å². The van der Waals surface area contributed by atoms with Crippen LogP contribution in [0.1, 0.15) is 29.8 Å². The summed E-state index contributed by atoms with van der Waals surface area (Å²) in [5, 5.41) is 0. The van der Waals surface area contributed by atoms with E-state index in [9.17, 15) is 18.0 Å². The standard InChI is InChI=1S/C20H23NO5S/c1-5-21(16-9-7-6-8-10-16)19(22)15(3)26-20(23)18-13-17(27(4,24)25)12-11-14(18)2/h6-13,15H,5H2,1-4H3/t15-/m1/s1. The summed E-state index contributed by atoms with van der Waals surface area (Å²) in [6.07, 6.45) is 0.0525. The first kappa shape index (κ1) is 20.6.